The molecule has 2 heterocycles. The van der Waals surface area contributed by atoms with Crippen LogP contribution < -0.4 is 4.74 Å². The highest BCUT2D eigenvalue weighted by Crippen LogP contribution is 2.36. The van der Waals surface area contributed by atoms with Crippen molar-refractivity contribution in [3.05, 3.63) is 37.0 Å². The molecule has 20 heavy (non-hydrogen) atoms. The van der Waals surface area contributed by atoms with Crippen LogP contribution in [0, 0.1) is 0 Å². The summed E-state index contributed by atoms with van der Waals surface area (Å²) >= 11 is 14.8. The second-order valence-electron chi connectivity index (χ2n) is 3.95. The molecule has 0 unspecified atom stereocenters. The zero-order chi connectivity index (χ0) is 14.3. The molecule has 0 saturated carbocycles. The molecule has 0 radical (unpaired) electrons. The Morgan fingerprint density at radius 1 is 1.25 bits per heavy atom. The van der Waals surface area contributed by atoms with Crippen LogP contribution in [-0.2, 0) is 0 Å². The highest BCUT2D eigenvalue weighted by atomic mass is 79.9. The summed E-state index contributed by atoms with van der Waals surface area (Å²) in [5.41, 5.74) is 1.62. The predicted molar refractivity (Wildman–Crippen MR) is 89.8 cm³/mol. The molecule has 0 aliphatic rings. The van der Waals surface area contributed by atoms with Gasteiger partial charge in [0, 0.05) is 15.4 Å². The summed E-state index contributed by atoms with van der Waals surface area (Å²) in [5, 5.41) is 3.13. The number of benzene rings is 1. The molecule has 3 nitrogen and oxygen atoms in total. The number of methoxy groups -OCH3 is 1. The molecule has 0 fully saturated rings. The minimum Gasteiger partial charge on any atom is -0.494 e. The number of hydrogen-bond donors (Lipinski definition) is 0. The van der Waals surface area contributed by atoms with E-state index >= 15 is 0 Å². The number of hydrogen-bond acceptors (Lipinski definition) is 4. The molecule has 7 heteroatoms. The van der Waals surface area contributed by atoms with Crippen LogP contribution in [0.2, 0.25) is 5.15 Å². The SMILES string of the molecule is COc1ccc(Br)c2c(Cl)nc(-c3csc(Br)c3)nc12. The first-order valence-corrected chi connectivity index (χ1v) is 8.38. The molecule has 3 aromatic rings. The maximum Gasteiger partial charge on any atom is 0.162 e. The third kappa shape index (κ3) is 2.45. The Labute approximate surface area is 141 Å². The maximum absolute atomic E-state index is 6.31. The molecular formula is C13H7Br2ClN2OS. The largest absolute Gasteiger partial charge is 0.494 e. The van der Waals surface area contributed by atoms with Gasteiger partial charge in [-0.3, -0.25) is 0 Å². The molecule has 2 aromatic heterocycles. The summed E-state index contributed by atoms with van der Waals surface area (Å²) in [6, 6.07) is 5.69. The number of fused-ring (bicyclic) bond motifs is 1. The highest BCUT2D eigenvalue weighted by molar-refractivity contribution is 9.11. The Hall–Kier alpha value is -0.690. The van der Waals surface area contributed by atoms with Crippen molar-refractivity contribution in [3.63, 3.8) is 0 Å². The normalized spacial score (nSPS) is 11.0. The minimum absolute atomic E-state index is 0.401. The van der Waals surface area contributed by atoms with Crippen molar-refractivity contribution in [1.29, 1.82) is 0 Å². The summed E-state index contributed by atoms with van der Waals surface area (Å²) in [4.78, 5) is 8.96. The number of halogens is 3. The molecule has 0 aliphatic carbocycles. The van der Waals surface area contributed by atoms with Crippen LogP contribution in [0.3, 0.4) is 0 Å². The van der Waals surface area contributed by atoms with E-state index in [1.54, 1.807) is 18.4 Å². The second kappa shape index (κ2) is 5.60. The van der Waals surface area contributed by atoms with Crippen LogP contribution in [0.15, 0.2) is 31.8 Å². The van der Waals surface area contributed by atoms with Crippen molar-refractivity contribution in [3.8, 4) is 17.1 Å². The summed E-state index contributed by atoms with van der Waals surface area (Å²) in [6.45, 7) is 0. The Morgan fingerprint density at radius 3 is 2.70 bits per heavy atom. The number of nitrogens with zero attached hydrogens (tertiary/aromatic N) is 2. The third-order valence-corrected chi connectivity index (χ3v) is 5.20. The van der Waals surface area contributed by atoms with Gasteiger partial charge in [-0.2, -0.15) is 0 Å². The van der Waals surface area contributed by atoms with E-state index in [4.69, 9.17) is 16.3 Å². The molecule has 0 spiro atoms. The van der Waals surface area contributed by atoms with Crippen LogP contribution >= 0.6 is 54.8 Å². The zero-order valence-corrected chi connectivity index (χ0v) is 14.9. The van der Waals surface area contributed by atoms with Gasteiger partial charge in [-0.05, 0) is 50.1 Å². The summed E-state index contributed by atoms with van der Waals surface area (Å²) in [7, 11) is 1.61. The fourth-order valence-corrected chi connectivity index (χ4v) is 3.88. The van der Waals surface area contributed by atoms with Crippen LogP contribution in [0.5, 0.6) is 5.75 Å². The zero-order valence-electron chi connectivity index (χ0n) is 10.2. The van der Waals surface area contributed by atoms with E-state index in [0.717, 1.165) is 19.2 Å². The van der Waals surface area contributed by atoms with Gasteiger partial charge in [-0.15, -0.1) is 11.3 Å². The lowest BCUT2D eigenvalue weighted by atomic mass is 10.2. The molecule has 0 aliphatic heterocycles. The van der Waals surface area contributed by atoms with Crippen molar-refractivity contribution < 1.29 is 4.74 Å². The molecule has 0 saturated heterocycles. The quantitative estimate of drug-likeness (QED) is 0.497. The van der Waals surface area contributed by atoms with Gasteiger partial charge in [0.15, 0.2) is 5.82 Å². The van der Waals surface area contributed by atoms with Gasteiger partial charge in [0.1, 0.15) is 16.4 Å². The summed E-state index contributed by atoms with van der Waals surface area (Å²) in [5.74, 6) is 1.25. The minimum atomic E-state index is 0.401. The van der Waals surface area contributed by atoms with Crippen molar-refractivity contribution >= 4 is 65.7 Å². The summed E-state index contributed by atoms with van der Waals surface area (Å²) in [6.07, 6.45) is 0. The van der Waals surface area contributed by atoms with Crippen LogP contribution in [0.1, 0.15) is 0 Å². The summed E-state index contributed by atoms with van der Waals surface area (Å²) < 4.78 is 7.22. The number of thiophene rings is 1. The Morgan fingerprint density at radius 2 is 2.05 bits per heavy atom. The highest BCUT2D eigenvalue weighted by Gasteiger charge is 2.15. The van der Waals surface area contributed by atoms with Crippen LogP contribution in [0.4, 0.5) is 0 Å². The van der Waals surface area contributed by atoms with Gasteiger partial charge >= 0.3 is 0 Å². The van der Waals surface area contributed by atoms with Gasteiger partial charge < -0.3 is 4.74 Å². The molecular weight excluding hydrogens is 427 g/mol. The van der Waals surface area contributed by atoms with E-state index in [2.05, 4.69) is 41.8 Å². The second-order valence-corrected chi connectivity index (χ2v) is 7.45. The number of aromatic nitrogens is 2. The van der Waals surface area contributed by atoms with Crippen molar-refractivity contribution in [1.82, 2.24) is 9.97 Å². The van der Waals surface area contributed by atoms with Crippen molar-refractivity contribution in [2.75, 3.05) is 7.11 Å². The first kappa shape index (κ1) is 14.3. The fraction of sp³-hybridized carbons (Fsp3) is 0.0769. The van der Waals surface area contributed by atoms with E-state index in [1.165, 1.54) is 0 Å². The van der Waals surface area contributed by atoms with E-state index in [1.807, 2.05) is 23.6 Å². The molecule has 0 atom stereocenters. The molecule has 0 amide bonds. The average Bonchev–Trinajstić information content (AvgIpc) is 2.85. The first-order chi connectivity index (χ1) is 9.60. The van der Waals surface area contributed by atoms with E-state index in [0.29, 0.717) is 22.2 Å². The average molecular weight is 435 g/mol. The standard InChI is InChI=1S/C13H7Br2ClN2OS/c1-19-8-3-2-7(14)10-11(8)17-13(18-12(10)16)6-4-9(15)20-5-6/h2-5H,1H3. The molecule has 3 rings (SSSR count). The maximum atomic E-state index is 6.31. The molecule has 0 bridgehead atoms. The molecule has 0 N–H and O–H groups in total. The number of rotatable bonds is 2. The fourth-order valence-electron chi connectivity index (χ4n) is 1.86. The van der Waals surface area contributed by atoms with Crippen LogP contribution in [0.25, 0.3) is 22.3 Å². The lowest BCUT2D eigenvalue weighted by Crippen LogP contribution is -1.94. The van der Waals surface area contributed by atoms with Crippen molar-refractivity contribution in [2.45, 2.75) is 0 Å². The van der Waals surface area contributed by atoms with Gasteiger partial charge in [0.2, 0.25) is 0 Å². The van der Waals surface area contributed by atoms with Gasteiger partial charge in [-0.1, -0.05) is 11.6 Å². The Kier molecular flexibility index (Phi) is 3.99. The van der Waals surface area contributed by atoms with Crippen molar-refractivity contribution in [2.24, 2.45) is 0 Å². The Balaban J connectivity index is 2.32. The molecule has 1 aromatic carbocycles. The monoisotopic (exact) mass is 432 g/mol. The van der Waals surface area contributed by atoms with E-state index in [9.17, 15) is 0 Å². The lowest BCUT2D eigenvalue weighted by molar-refractivity contribution is 0.419. The number of ether oxygens (including phenoxy) is 1. The van der Waals surface area contributed by atoms with Gasteiger partial charge in [-0.25, -0.2) is 9.97 Å². The van der Waals surface area contributed by atoms with Crippen LogP contribution in [-0.4, -0.2) is 17.1 Å². The van der Waals surface area contributed by atoms with Gasteiger partial charge in [0.25, 0.3) is 0 Å². The predicted octanol–water partition coefficient (Wildman–Crippen LogP) is 5.55. The lowest BCUT2D eigenvalue weighted by Gasteiger charge is -2.09. The van der Waals surface area contributed by atoms with E-state index < -0.39 is 0 Å². The first-order valence-electron chi connectivity index (χ1n) is 5.54. The van der Waals surface area contributed by atoms with Gasteiger partial charge in [0.05, 0.1) is 16.3 Å². The third-order valence-electron chi connectivity index (χ3n) is 2.76. The molecule has 102 valence electrons. The van der Waals surface area contributed by atoms with E-state index in [-0.39, 0.29) is 0 Å². The topological polar surface area (TPSA) is 35.0 Å². The smallest absolute Gasteiger partial charge is 0.162 e. The Bertz CT molecular complexity index is 806.